The molecule has 34 heavy (non-hydrogen) atoms. The van der Waals surface area contributed by atoms with Gasteiger partial charge in [0, 0.05) is 29.7 Å². The molecular formula is C25H27ClN4O4. The lowest BCUT2D eigenvalue weighted by Gasteiger charge is -2.22. The molecule has 0 aliphatic heterocycles. The molecule has 2 aromatic carbocycles. The summed E-state index contributed by atoms with van der Waals surface area (Å²) >= 11 is 6.69. The van der Waals surface area contributed by atoms with E-state index in [1.165, 1.54) is 19.3 Å². The summed E-state index contributed by atoms with van der Waals surface area (Å²) in [6.45, 7) is 0.890. The van der Waals surface area contributed by atoms with Crippen LogP contribution in [0.25, 0.3) is 10.9 Å². The molecule has 1 aliphatic rings. The van der Waals surface area contributed by atoms with Crippen LogP contribution in [0, 0.1) is 5.92 Å². The fourth-order valence-corrected chi connectivity index (χ4v) is 4.91. The van der Waals surface area contributed by atoms with E-state index in [1.54, 1.807) is 47.0 Å². The number of carbonyl (C=O) groups is 3. The number of hydrogen-bond donors (Lipinski definition) is 4. The van der Waals surface area contributed by atoms with Crippen molar-refractivity contribution in [3.63, 3.8) is 0 Å². The summed E-state index contributed by atoms with van der Waals surface area (Å²) in [6, 6.07) is 11.8. The summed E-state index contributed by atoms with van der Waals surface area (Å²) in [4.78, 5) is 35.9. The second-order valence-corrected chi connectivity index (χ2v) is 9.06. The summed E-state index contributed by atoms with van der Waals surface area (Å²) in [5.41, 5.74) is 7.87. The smallest absolute Gasteiger partial charge is 0.409 e. The predicted octanol–water partition coefficient (Wildman–Crippen LogP) is 4.84. The minimum absolute atomic E-state index is 0.270. The molecule has 1 aromatic heterocycles. The Hall–Kier alpha value is -3.52. The van der Waals surface area contributed by atoms with Crippen LogP contribution in [0.4, 0.5) is 10.5 Å². The topological polar surface area (TPSA) is 126 Å². The van der Waals surface area contributed by atoms with E-state index in [0.29, 0.717) is 51.9 Å². The first-order valence-electron chi connectivity index (χ1n) is 11.3. The molecule has 9 heteroatoms. The van der Waals surface area contributed by atoms with E-state index in [4.69, 9.17) is 22.4 Å². The molecule has 4 rings (SSSR count). The minimum Gasteiger partial charge on any atom is -0.465 e. The number of carbonyl (C=O) groups excluding carboxylic acids is 2. The Kier molecular flexibility index (Phi) is 7.07. The van der Waals surface area contributed by atoms with Crippen molar-refractivity contribution >= 4 is 46.1 Å². The fourth-order valence-electron chi connectivity index (χ4n) is 4.56. The highest BCUT2D eigenvalue weighted by Gasteiger charge is 2.24. The van der Waals surface area contributed by atoms with Gasteiger partial charge in [-0.05, 0) is 54.7 Å². The van der Waals surface area contributed by atoms with Crippen molar-refractivity contribution in [2.24, 2.45) is 11.7 Å². The minimum atomic E-state index is -1.18. The van der Waals surface area contributed by atoms with Crippen molar-refractivity contribution in [3.05, 3.63) is 64.3 Å². The van der Waals surface area contributed by atoms with Crippen LogP contribution in [-0.2, 0) is 6.54 Å². The zero-order chi connectivity index (χ0) is 24.2. The number of nitrogens with zero attached hydrogens (tertiary/aromatic N) is 1. The number of primary amides is 1. The Balaban J connectivity index is 1.71. The third kappa shape index (κ3) is 5.17. The molecule has 1 aliphatic carbocycles. The van der Waals surface area contributed by atoms with Gasteiger partial charge in [0.05, 0.1) is 10.5 Å². The number of amides is 3. The van der Waals surface area contributed by atoms with Gasteiger partial charge in [0.25, 0.3) is 5.91 Å². The standard InChI is InChI=1S/C25H27ClN4O4/c26-21-19-11-10-18(29-25(33)34)12-20(19)30(14-16-6-8-17(9-7-16)23(27)31)22(21)24(32)28-13-15-4-2-1-3-5-15/h6-12,15,29H,1-5,13-14H2,(H2,27,31)(H,28,32)(H,33,34). The van der Waals surface area contributed by atoms with Gasteiger partial charge < -0.3 is 20.7 Å². The average Bonchev–Trinajstić information content (AvgIpc) is 3.09. The largest absolute Gasteiger partial charge is 0.465 e. The lowest BCUT2D eigenvalue weighted by molar-refractivity contribution is 0.0934. The first-order valence-corrected chi connectivity index (χ1v) is 11.7. The molecule has 3 aromatic rings. The van der Waals surface area contributed by atoms with E-state index >= 15 is 0 Å². The van der Waals surface area contributed by atoms with E-state index in [0.717, 1.165) is 18.4 Å². The molecular weight excluding hydrogens is 456 g/mol. The molecule has 0 bridgehead atoms. The van der Waals surface area contributed by atoms with Crippen molar-refractivity contribution in [1.82, 2.24) is 9.88 Å². The molecule has 178 valence electrons. The highest BCUT2D eigenvalue weighted by molar-refractivity contribution is 6.39. The van der Waals surface area contributed by atoms with Crippen LogP contribution in [0.2, 0.25) is 5.02 Å². The molecule has 1 fully saturated rings. The van der Waals surface area contributed by atoms with Crippen molar-refractivity contribution in [1.29, 1.82) is 0 Å². The normalized spacial score (nSPS) is 14.1. The number of carboxylic acid groups (broad SMARTS) is 1. The number of benzene rings is 2. The highest BCUT2D eigenvalue weighted by Crippen LogP contribution is 2.33. The van der Waals surface area contributed by atoms with Gasteiger partial charge in [0.2, 0.25) is 5.91 Å². The van der Waals surface area contributed by atoms with Gasteiger partial charge in [-0.3, -0.25) is 14.9 Å². The second-order valence-electron chi connectivity index (χ2n) is 8.69. The maximum Gasteiger partial charge on any atom is 0.409 e. The molecule has 0 unspecified atom stereocenters. The van der Waals surface area contributed by atoms with Crippen molar-refractivity contribution in [2.45, 2.75) is 38.6 Å². The summed E-state index contributed by atoms with van der Waals surface area (Å²) in [6.07, 6.45) is 4.63. The average molecular weight is 483 g/mol. The van der Waals surface area contributed by atoms with E-state index in [9.17, 15) is 14.4 Å². The van der Waals surface area contributed by atoms with E-state index < -0.39 is 12.0 Å². The Morgan fingerprint density at radius 3 is 2.41 bits per heavy atom. The number of rotatable bonds is 7. The summed E-state index contributed by atoms with van der Waals surface area (Å²) in [5, 5.41) is 15.5. The molecule has 3 amide bonds. The Labute approximate surface area is 202 Å². The van der Waals surface area contributed by atoms with Crippen LogP contribution in [0.3, 0.4) is 0 Å². The first-order chi connectivity index (χ1) is 16.3. The van der Waals surface area contributed by atoms with Crippen LogP contribution >= 0.6 is 11.6 Å². The maximum atomic E-state index is 13.3. The third-order valence-electron chi connectivity index (χ3n) is 6.32. The SMILES string of the molecule is NC(=O)c1ccc(Cn2c(C(=O)NCC3CCCCC3)c(Cl)c3ccc(NC(=O)O)cc32)cc1. The van der Waals surface area contributed by atoms with Gasteiger partial charge >= 0.3 is 6.09 Å². The van der Waals surface area contributed by atoms with Crippen molar-refractivity contribution in [2.75, 3.05) is 11.9 Å². The van der Waals surface area contributed by atoms with E-state index in [2.05, 4.69) is 10.6 Å². The molecule has 0 atom stereocenters. The Morgan fingerprint density at radius 2 is 1.76 bits per heavy atom. The molecule has 0 spiro atoms. The van der Waals surface area contributed by atoms with Gasteiger partial charge in [0.1, 0.15) is 5.69 Å². The quantitative estimate of drug-likeness (QED) is 0.384. The number of aromatic nitrogens is 1. The van der Waals surface area contributed by atoms with E-state index in [-0.39, 0.29) is 5.91 Å². The molecule has 5 N–H and O–H groups in total. The maximum absolute atomic E-state index is 13.3. The first kappa shape index (κ1) is 23.6. The number of halogens is 1. The van der Waals surface area contributed by atoms with Crippen LogP contribution < -0.4 is 16.4 Å². The lowest BCUT2D eigenvalue weighted by atomic mass is 9.89. The lowest BCUT2D eigenvalue weighted by Crippen LogP contribution is -2.32. The van der Waals surface area contributed by atoms with Crippen LogP contribution in [0.1, 0.15) is 58.5 Å². The van der Waals surface area contributed by atoms with Crippen LogP contribution in [0.15, 0.2) is 42.5 Å². The molecule has 1 saturated carbocycles. The molecule has 8 nitrogen and oxygen atoms in total. The zero-order valence-electron chi connectivity index (χ0n) is 18.6. The van der Waals surface area contributed by atoms with E-state index in [1.807, 2.05) is 0 Å². The summed E-state index contributed by atoms with van der Waals surface area (Å²) in [5.74, 6) is -0.330. The third-order valence-corrected chi connectivity index (χ3v) is 6.71. The highest BCUT2D eigenvalue weighted by atomic mass is 35.5. The van der Waals surface area contributed by atoms with Gasteiger partial charge in [-0.25, -0.2) is 4.79 Å². The summed E-state index contributed by atoms with van der Waals surface area (Å²) in [7, 11) is 0. The predicted molar refractivity (Wildman–Crippen MR) is 132 cm³/mol. The van der Waals surface area contributed by atoms with Crippen LogP contribution in [0.5, 0.6) is 0 Å². The Bertz CT molecular complexity index is 1230. The Morgan fingerprint density at radius 1 is 1.06 bits per heavy atom. The fraction of sp³-hybridized carbons (Fsp3) is 0.320. The molecule has 0 radical (unpaired) electrons. The summed E-state index contributed by atoms with van der Waals surface area (Å²) < 4.78 is 1.78. The number of hydrogen-bond acceptors (Lipinski definition) is 3. The van der Waals surface area contributed by atoms with Crippen LogP contribution in [-0.4, -0.2) is 34.1 Å². The van der Waals surface area contributed by atoms with Crippen molar-refractivity contribution in [3.8, 4) is 0 Å². The van der Waals surface area contributed by atoms with Crippen molar-refractivity contribution < 1.29 is 19.5 Å². The zero-order valence-corrected chi connectivity index (χ0v) is 19.4. The number of anilines is 1. The van der Waals surface area contributed by atoms with Gasteiger partial charge in [-0.1, -0.05) is 43.0 Å². The van der Waals surface area contributed by atoms with Gasteiger partial charge in [-0.15, -0.1) is 0 Å². The molecule has 0 saturated heterocycles. The number of nitrogens with two attached hydrogens (primary N) is 1. The van der Waals surface area contributed by atoms with Gasteiger partial charge in [-0.2, -0.15) is 0 Å². The number of nitrogens with one attached hydrogen (secondary N) is 2. The monoisotopic (exact) mass is 482 g/mol. The molecule has 1 heterocycles. The number of fused-ring (bicyclic) bond motifs is 1. The van der Waals surface area contributed by atoms with Gasteiger partial charge in [0.15, 0.2) is 0 Å². The second kappa shape index (κ2) is 10.2.